The number of carbonyl (C=O) groups excluding carboxylic acids is 2. The van der Waals surface area contributed by atoms with Crippen molar-refractivity contribution in [2.24, 2.45) is 0 Å². The van der Waals surface area contributed by atoms with Gasteiger partial charge in [-0.05, 0) is 61.7 Å². The number of benzene rings is 2. The lowest BCUT2D eigenvalue weighted by atomic mass is 10.0. The summed E-state index contributed by atoms with van der Waals surface area (Å²) in [5, 5.41) is 11.1. The molecule has 2 saturated heterocycles. The molecule has 0 spiro atoms. The van der Waals surface area contributed by atoms with Gasteiger partial charge in [-0.3, -0.25) is 19.8 Å². The van der Waals surface area contributed by atoms with Crippen LogP contribution in [0.5, 0.6) is 11.5 Å². The van der Waals surface area contributed by atoms with Crippen molar-refractivity contribution in [2.45, 2.75) is 44.3 Å². The average Bonchev–Trinajstić information content (AvgIpc) is 3.46. The minimum absolute atomic E-state index is 0.0438. The molecule has 2 aliphatic heterocycles. The molecule has 2 amide bonds. The first-order valence-corrected chi connectivity index (χ1v) is 15.2. The average molecular weight is 622 g/mol. The standard InChI is InChI=1S/C33H32FN9O3/c34-25-12-15-36-31(39-26-10-11-27(44)40-33(26)45)24(25)18-42-16-13-21(14-17-42)43-32-28(30(35)37-19-38-32)29(41-43)20-6-8-23(9-7-20)46-22-4-2-1-3-5-22/h1-9,12,15,19,21,26H,10-11,13-14,16-18H2,(H,36,39)(H2,35,37,38)(H,40,44,45). The van der Waals surface area contributed by atoms with E-state index in [-0.39, 0.29) is 18.4 Å². The smallest absolute Gasteiger partial charge is 0.249 e. The highest BCUT2D eigenvalue weighted by atomic mass is 19.1. The van der Waals surface area contributed by atoms with E-state index in [9.17, 15) is 9.59 Å². The quantitative estimate of drug-likeness (QED) is 0.212. The number of piperidine rings is 2. The molecular formula is C33H32FN9O3. The number of nitrogens with two attached hydrogens (primary N) is 1. The monoisotopic (exact) mass is 621 g/mol. The van der Waals surface area contributed by atoms with Gasteiger partial charge in [0, 0.05) is 43.4 Å². The van der Waals surface area contributed by atoms with E-state index in [1.807, 2.05) is 59.3 Å². The third-order valence-corrected chi connectivity index (χ3v) is 8.46. The summed E-state index contributed by atoms with van der Waals surface area (Å²) in [5.74, 6) is 0.986. The first kappa shape index (κ1) is 29.3. The van der Waals surface area contributed by atoms with Gasteiger partial charge < -0.3 is 15.8 Å². The number of rotatable bonds is 8. The summed E-state index contributed by atoms with van der Waals surface area (Å²) in [6.07, 6.45) is 4.87. The van der Waals surface area contributed by atoms with Gasteiger partial charge >= 0.3 is 0 Å². The van der Waals surface area contributed by atoms with Gasteiger partial charge in [-0.25, -0.2) is 24.0 Å². The van der Waals surface area contributed by atoms with E-state index >= 15 is 4.39 Å². The van der Waals surface area contributed by atoms with Crippen molar-refractivity contribution in [1.29, 1.82) is 0 Å². The SMILES string of the molecule is Nc1ncnc2c1c(-c1ccc(Oc3ccccc3)cc1)nn2C1CCN(Cc2c(F)ccnc2NC2CCC(=O)NC2=O)CC1. The number of fused-ring (bicyclic) bond motifs is 1. The summed E-state index contributed by atoms with van der Waals surface area (Å²) in [6.45, 7) is 1.68. The van der Waals surface area contributed by atoms with Crippen LogP contribution >= 0.6 is 0 Å². The first-order chi connectivity index (χ1) is 22.4. The summed E-state index contributed by atoms with van der Waals surface area (Å²) >= 11 is 0. The predicted octanol–water partition coefficient (Wildman–Crippen LogP) is 4.46. The molecule has 12 nitrogen and oxygen atoms in total. The molecule has 5 aromatic rings. The maximum absolute atomic E-state index is 15.1. The highest BCUT2D eigenvalue weighted by Gasteiger charge is 2.30. The van der Waals surface area contributed by atoms with Crippen molar-refractivity contribution in [3.05, 3.63) is 84.6 Å². The summed E-state index contributed by atoms with van der Waals surface area (Å²) in [6, 6.07) is 18.0. The van der Waals surface area contributed by atoms with E-state index in [4.69, 9.17) is 15.6 Å². The van der Waals surface area contributed by atoms with Crippen molar-refractivity contribution in [3.8, 4) is 22.8 Å². The zero-order valence-corrected chi connectivity index (χ0v) is 24.9. The fourth-order valence-electron chi connectivity index (χ4n) is 6.04. The number of nitrogens with zero attached hydrogens (tertiary/aromatic N) is 6. The number of likely N-dealkylation sites (tertiary alicyclic amines) is 1. The minimum atomic E-state index is -0.652. The number of imide groups is 1. The molecule has 7 rings (SSSR count). The van der Waals surface area contributed by atoms with Crippen LogP contribution in [0.2, 0.25) is 0 Å². The van der Waals surface area contributed by atoms with Crippen molar-refractivity contribution in [3.63, 3.8) is 0 Å². The van der Waals surface area contributed by atoms with E-state index in [0.717, 1.165) is 24.2 Å². The van der Waals surface area contributed by atoms with E-state index in [2.05, 4.69) is 30.5 Å². The Morgan fingerprint density at radius 2 is 1.72 bits per heavy atom. The van der Waals surface area contributed by atoms with Crippen LogP contribution in [0.1, 0.15) is 37.3 Å². The van der Waals surface area contributed by atoms with E-state index in [1.165, 1.54) is 18.6 Å². The number of nitrogen functional groups attached to an aromatic ring is 1. The largest absolute Gasteiger partial charge is 0.457 e. The molecule has 4 N–H and O–H groups in total. The normalized spacial score (nSPS) is 17.6. The van der Waals surface area contributed by atoms with Crippen LogP contribution in [0.4, 0.5) is 16.0 Å². The second-order valence-electron chi connectivity index (χ2n) is 11.5. The predicted molar refractivity (Wildman–Crippen MR) is 169 cm³/mol. The van der Waals surface area contributed by atoms with Crippen molar-refractivity contribution >= 4 is 34.5 Å². The molecule has 0 aliphatic carbocycles. The Labute approximate surface area is 263 Å². The van der Waals surface area contributed by atoms with Gasteiger partial charge in [0.15, 0.2) is 5.65 Å². The van der Waals surface area contributed by atoms with Crippen LogP contribution in [-0.4, -0.2) is 60.6 Å². The molecule has 0 radical (unpaired) electrons. The fraction of sp³-hybridized carbons (Fsp3) is 0.273. The first-order valence-electron chi connectivity index (χ1n) is 15.2. The molecule has 2 aromatic carbocycles. The summed E-state index contributed by atoms with van der Waals surface area (Å²) in [4.78, 5) is 39.1. The molecule has 1 unspecified atom stereocenters. The van der Waals surface area contributed by atoms with Gasteiger partial charge in [-0.15, -0.1) is 0 Å². The number of nitrogens with one attached hydrogen (secondary N) is 2. The molecule has 0 bridgehead atoms. The maximum atomic E-state index is 15.1. The zero-order valence-electron chi connectivity index (χ0n) is 24.9. The number of carbonyl (C=O) groups is 2. The number of hydrogen-bond acceptors (Lipinski definition) is 10. The number of halogens is 1. The molecule has 2 aliphatic rings. The van der Waals surface area contributed by atoms with Gasteiger partial charge in [0.2, 0.25) is 11.8 Å². The lowest BCUT2D eigenvalue weighted by molar-refractivity contribution is -0.133. The number of ether oxygens (including phenoxy) is 1. The molecule has 3 aromatic heterocycles. The molecule has 0 saturated carbocycles. The second-order valence-corrected chi connectivity index (χ2v) is 11.5. The third kappa shape index (κ3) is 5.96. The molecule has 1 atom stereocenters. The molecule has 46 heavy (non-hydrogen) atoms. The Kier molecular flexibility index (Phi) is 7.97. The van der Waals surface area contributed by atoms with E-state index in [0.29, 0.717) is 65.7 Å². The Morgan fingerprint density at radius 3 is 2.48 bits per heavy atom. The maximum Gasteiger partial charge on any atom is 0.249 e. The van der Waals surface area contributed by atoms with E-state index < -0.39 is 17.8 Å². The topological polar surface area (TPSA) is 153 Å². The van der Waals surface area contributed by atoms with Gasteiger partial charge in [-0.2, -0.15) is 5.10 Å². The van der Waals surface area contributed by atoms with Gasteiger partial charge in [0.1, 0.15) is 47.0 Å². The van der Waals surface area contributed by atoms with Gasteiger partial charge in [0.25, 0.3) is 0 Å². The lowest BCUT2D eigenvalue weighted by Crippen LogP contribution is -2.47. The van der Waals surface area contributed by atoms with Crippen molar-refractivity contribution in [1.82, 2.24) is 34.9 Å². The van der Waals surface area contributed by atoms with Crippen LogP contribution in [0.15, 0.2) is 73.2 Å². The number of para-hydroxylation sites is 1. The third-order valence-electron chi connectivity index (χ3n) is 8.46. The van der Waals surface area contributed by atoms with Crippen molar-refractivity contribution in [2.75, 3.05) is 24.1 Å². The Morgan fingerprint density at radius 1 is 0.957 bits per heavy atom. The minimum Gasteiger partial charge on any atom is -0.457 e. The fourth-order valence-corrected chi connectivity index (χ4v) is 6.04. The molecule has 13 heteroatoms. The van der Waals surface area contributed by atoms with Gasteiger partial charge in [-0.1, -0.05) is 18.2 Å². The molecular weight excluding hydrogens is 589 g/mol. The second kappa shape index (κ2) is 12.5. The lowest BCUT2D eigenvalue weighted by Gasteiger charge is -2.32. The zero-order chi connectivity index (χ0) is 31.6. The molecule has 5 heterocycles. The number of anilines is 2. The van der Waals surface area contributed by atoms with Crippen LogP contribution < -0.4 is 21.1 Å². The number of amides is 2. The highest BCUT2D eigenvalue weighted by Crippen LogP contribution is 2.35. The Bertz CT molecular complexity index is 1890. The Hall–Kier alpha value is -5.43. The highest BCUT2D eigenvalue weighted by molar-refractivity contribution is 6.01. The number of hydrogen-bond donors (Lipinski definition) is 3. The summed E-state index contributed by atoms with van der Waals surface area (Å²) in [5.41, 5.74) is 8.98. The van der Waals surface area contributed by atoms with Crippen LogP contribution in [0.3, 0.4) is 0 Å². The van der Waals surface area contributed by atoms with Crippen molar-refractivity contribution < 1.29 is 18.7 Å². The summed E-state index contributed by atoms with van der Waals surface area (Å²) < 4.78 is 23.0. The number of aromatic nitrogens is 5. The summed E-state index contributed by atoms with van der Waals surface area (Å²) in [7, 11) is 0. The van der Waals surface area contributed by atoms with Crippen LogP contribution in [-0.2, 0) is 16.1 Å². The molecule has 234 valence electrons. The Balaban J connectivity index is 1.07. The molecule has 2 fully saturated rings. The van der Waals surface area contributed by atoms with Crippen LogP contribution in [0.25, 0.3) is 22.3 Å². The van der Waals surface area contributed by atoms with Gasteiger partial charge in [0.05, 0.1) is 11.4 Å². The number of pyridine rings is 1. The van der Waals surface area contributed by atoms with Crippen LogP contribution in [0, 0.1) is 5.82 Å². The van der Waals surface area contributed by atoms with E-state index in [1.54, 1.807) is 0 Å².